The summed E-state index contributed by atoms with van der Waals surface area (Å²) in [5.74, 6) is 0.464. The second-order valence-corrected chi connectivity index (χ2v) is 5.57. The van der Waals surface area contributed by atoms with Crippen LogP contribution in [0.5, 0.6) is 5.75 Å². The van der Waals surface area contributed by atoms with Crippen molar-refractivity contribution in [2.45, 2.75) is 26.8 Å². The predicted octanol–water partition coefficient (Wildman–Crippen LogP) is 4.37. The molecular weight excluding hydrogens is 486 g/mol. The van der Waals surface area contributed by atoms with Crippen molar-refractivity contribution >= 4 is 41.4 Å². The predicted molar refractivity (Wildman–Crippen MR) is 115 cm³/mol. The molecular formula is C18H23F3IN5O. The first-order valence-corrected chi connectivity index (χ1v) is 8.44. The third kappa shape index (κ3) is 7.41. The number of ether oxygens (including phenoxy) is 1. The fraction of sp³-hybridized carbons (Fsp3) is 0.333. The fourth-order valence-corrected chi connectivity index (χ4v) is 2.38. The Bertz CT molecular complexity index is 765. The number of pyridine rings is 1. The minimum atomic E-state index is -4.79. The van der Waals surface area contributed by atoms with E-state index in [0.717, 1.165) is 24.5 Å². The van der Waals surface area contributed by atoms with E-state index in [9.17, 15) is 13.2 Å². The van der Waals surface area contributed by atoms with E-state index in [1.807, 2.05) is 12.1 Å². The van der Waals surface area contributed by atoms with Gasteiger partial charge in [-0.3, -0.25) is 0 Å². The molecule has 0 fully saturated rings. The molecule has 6 nitrogen and oxygen atoms in total. The van der Waals surface area contributed by atoms with Crippen LogP contribution in [0.1, 0.15) is 19.4 Å². The highest BCUT2D eigenvalue weighted by atomic mass is 127. The maximum atomic E-state index is 12.4. The summed E-state index contributed by atoms with van der Waals surface area (Å²) in [5, 5.41) is 2.63. The maximum Gasteiger partial charge on any atom is 0.573 e. The van der Waals surface area contributed by atoms with E-state index in [4.69, 9.17) is 5.73 Å². The molecule has 0 amide bonds. The van der Waals surface area contributed by atoms with Crippen LogP contribution in [0.25, 0.3) is 0 Å². The molecule has 2 rings (SSSR count). The lowest BCUT2D eigenvalue weighted by atomic mass is 10.3. The number of para-hydroxylation sites is 2. The van der Waals surface area contributed by atoms with Gasteiger partial charge in [-0.15, -0.1) is 37.1 Å². The van der Waals surface area contributed by atoms with Gasteiger partial charge in [0.1, 0.15) is 5.82 Å². The Hall–Kier alpha value is -2.24. The number of rotatable bonds is 7. The van der Waals surface area contributed by atoms with Crippen molar-refractivity contribution in [2.75, 3.05) is 23.3 Å². The zero-order valence-corrected chi connectivity index (χ0v) is 17.9. The Labute approximate surface area is 179 Å². The molecule has 0 unspecified atom stereocenters. The van der Waals surface area contributed by atoms with Crippen molar-refractivity contribution in [2.24, 2.45) is 10.7 Å². The molecule has 0 aliphatic carbocycles. The van der Waals surface area contributed by atoms with Crippen LogP contribution in [0.4, 0.5) is 24.7 Å². The fourth-order valence-electron chi connectivity index (χ4n) is 2.38. The van der Waals surface area contributed by atoms with Gasteiger partial charge in [-0.25, -0.2) is 9.98 Å². The molecule has 1 aromatic carbocycles. The average Bonchev–Trinajstić information content (AvgIpc) is 2.62. The SMILES string of the molecule is CCN(CC)c1ccc(CN=C(N)Nc2ccccc2OC(F)(F)F)cn1.I. The quantitative estimate of drug-likeness (QED) is 0.330. The summed E-state index contributed by atoms with van der Waals surface area (Å²) < 4.78 is 41.3. The number of nitrogens with two attached hydrogens (primary N) is 1. The molecule has 0 spiro atoms. The van der Waals surface area contributed by atoms with Crippen molar-refractivity contribution in [1.82, 2.24) is 4.98 Å². The minimum Gasteiger partial charge on any atom is -0.404 e. The summed E-state index contributed by atoms with van der Waals surface area (Å²) in [6.45, 7) is 6.06. The Morgan fingerprint density at radius 3 is 2.43 bits per heavy atom. The molecule has 28 heavy (non-hydrogen) atoms. The highest BCUT2D eigenvalue weighted by Crippen LogP contribution is 2.29. The number of hydrogen-bond donors (Lipinski definition) is 2. The Morgan fingerprint density at radius 2 is 1.86 bits per heavy atom. The lowest BCUT2D eigenvalue weighted by Gasteiger charge is -2.19. The molecule has 0 saturated carbocycles. The highest BCUT2D eigenvalue weighted by Gasteiger charge is 2.32. The molecule has 0 atom stereocenters. The Balaban J connectivity index is 0.00000392. The Morgan fingerprint density at radius 1 is 1.18 bits per heavy atom. The molecule has 0 aliphatic heterocycles. The number of benzene rings is 1. The first kappa shape index (κ1) is 23.8. The van der Waals surface area contributed by atoms with Gasteiger partial charge in [0.2, 0.25) is 0 Å². The van der Waals surface area contributed by atoms with Gasteiger partial charge in [-0.05, 0) is 37.6 Å². The van der Waals surface area contributed by atoms with E-state index < -0.39 is 6.36 Å². The Kier molecular flexibility index (Phi) is 9.29. The topological polar surface area (TPSA) is 75.8 Å². The smallest absolute Gasteiger partial charge is 0.404 e. The van der Waals surface area contributed by atoms with Crippen molar-refractivity contribution in [3.05, 3.63) is 48.2 Å². The van der Waals surface area contributed by atoms with Crippen LogP contribution in [0, 0.1) is 0 Å². The number of anilines is 2. The van der Waals surface area contributed by atoms with Crippen LogP contribution in [0.15, 0.2) is 47.6 Å². The molecule has 154 valence electrons. The number of aromatic nitrogens is 1. The van der Waals surface area contributed by atoms with Crippen LogP contribution >= 0.6 is 24.0 Å². The largest absolute Gasteiger partial charge is 0.573 e. The minimum absolute atomic E-state index is 0. The van der Waals surface area contributed by atoms with E-state index in [1.54, 1.807) is 12.3 Å². The van der Waals surface area contributed by atoms with Crippen LogP contribution in [-0.2, 0) is 6.54 Å². The average molecular weight is 509 g/mol. The number of halogens is 4. The third-order valence-electron chi connectivity index (χ3n) is 3.70. The molecule has 1 aromatic heterocycles. The molecule has 1 heterocycles. The summed E-state index contributed by atoms with van der Waals surface area (Å²) in [6.07, 6.45) is -3.09. The van der Waals surface area contributed by atoms with Crippen LogP contribution in [0.3, 0.4) is 0 Å². The number of alkyl halides is 3. The number of guanidine groups is 1. The maximum absolute atomic E-state index is 12.4. The number of hydrogen-bond acceptors (Lipinski definition) is 4. The molecule has 2 aromatic rings. The van der Waals surface area contributed by atoms with Gasteiger partial charge in [0.25, 0.3) is 0 Å². The van der Waals surface area contributed by atoms with E-state index >= 15 is 0 Å². The van der Waals surface area contributed by atoms with Crippen molar-refractivity contribution in [1.29, 1.82) is 0 Å². The zero-order chi connectivity index (χ0) is 19.9. The lowest BCUT2D eigenvalue weighted by molar-refractivity contribution is -0.274. The van der Waals surface area contributed by atoms with Gasteiger partial charge >= 0.3 is 6.36 Å². The first-order valence-electron chi connectivity index (χ1n) is 8.44. The van der Waals surface area contributed by atoms with Crippen molar-refractivity contribution in [3.63, 3.8) is 0 Å². The van der Waals surface area contributed by atoms with Gasteiger partial charge in [-0.1, -0.05) is 18.2 Å². The number of nitrogens with zero attached hydrogens (tertiary/aromatic N) is 3. The van der Waals surface area contributed by atoms with Gasteiger partial charge in [0, 0.05) is 19.3 Å². The van der Waals surface area contributed by atoms with Gasteiger partial charge in [0.15, 0.2) is 11.7 Å². The second-order valence-electron chi connectivity index (χ2n) is 5.57. The van der Waals surface area contributed by atoms with E-state index in [-0.39, 0.29) is 47.9 Å². The lowest BCUT2D eigenvalue weighted by Crippen LogP contribution is -2.24. The van der Waals surface area contributed by atoms with Gasteiger partial charge in [-0.2, -0.15) is 0 Å². The van der Waals surface area contributed by atoms with Crippen LogP contribution < -0.4 is 20.7 Å². The van der Waals surface area contributed by atoms with Crippen molar-refractivity contribution < 1.29 is 17.9 Å². The standard InChI is InChI=1S/C18H22F3N5O.HI/c1-3-26(4-2)16-10-9-13(11-23-16)12-24-17(22)25-14-7-5-6-8-15(14)27-18(19,20)21;/h5-11H,3-4,12H2,1-2H3,(H3,22,24,25);1H. The summed E-state index contributed by atoms with van der Waals surface area (Å²) in [6, 6.07) is 9.40. The van der Waals surface area contributed by atoms with Crippen LogP contribution in [0.2, 0.25) is 0 Å². The molecule has 10 heteroatoms. The molecule has 0 radical (unpaired) electrons. The van der Waals surface area contributed by atoms with Crippen LogP contribution in [-0.4, -0.2) is 30.4 Å². The number of nitrogens with one attached hydrogen (secondary N) is 1. The molecule has 0 aliphatic rings. The highest BCUT2D eigenvalue weighted by molar-refractivity contribution is 14.0. The first-order chi connectivity index (χ1) is 12.8. The summed E-state index contributed by atoms with van der Waals surface area (Å²) in [4.78, 5) is 10.6. The second kappa shape index (κ2) is 10.9. The van der Waals surface area contributed by atoms with E-state index in [0.29, 0.717) is 0 Å². The van der Waals surface area contributed by atoms with E-state index in [2.05, 4.69) is 38.8 Å². The summed E-state index contributed by atoms with van der Waals surface area (Å²) >= 11 is 0. The number of aliphatic imine (C=N–C) groups is 1. The van der Waals surface area contributed by atoms with Crippen molar-refractivity contribution in [3.8, 4) is 5.75 Å². The summed E-state index contributed by atoms with van der Waals surface area (Å²) in [7, 11) is 0. The normalized spacial score (nSPS) is 11.5. The molecule has 3 N–H and O–H groups in total. The molecule has 0 bridgehead atoms. The summed E-state index contributed by atoms with van der Waals surface area (Å²) in [5.41, 5.74) is 6.69. The monoisotopic (exact) mass is 509 g/mol. The molecule has 0 saturated heterocycles. The third-order valence-corrected chi connectivity index (χ3v) is 3.70. The van der Waals surface area contributed by atoms with Gasteiger partial charge in [0.05, 0.1) is 12.2 Å². The van der Waals surface area contributed by atoms with Gasteiger partial charge < -0.3 is 20.7 Å². The zero-order valence-electron chi connectivity index (χ0n) is 15.5. The van der Waals surface area contributed by atoms with E-state index in [1.165, 1.54) is 18.2 Å².